The predicted octanol–water partition coefficient (Wildman–Crippen LogP) is 1.67. The highest BCUT2D eigenvalue weighted by molar-refractivity contribution is 8.04. The number of thioether (sulfide) groups is 1. The Morgan fingerprint density at radius 1 is 1.19 bits per heavy atom. The average molecular weight is 378 g/mol. The number of rotatable bonds is 9. The molecule has 9 heteroatoms. The molecule has 1 aromatic heterocycles. The number of aliphatic carboxylic acids is 1. The Morgan fingerprint density at radius 2 is 1.85 bits per heavy atom. The molecule has 2 rings (SSSR count). The Balaban J connectivity index is 2.39. The molecule has 0 fully saturated rings. The lowest BCUT2D eigenvalue weighted by Crippen LogP contribution is -2.23. The van der Waals surface area contributed by atoms with E-state index >= 15 is 0 Å². The van der Waals surface area contributed by atoms with Crippen molar-refractivity contribution in [3.05, 3.63) is 28.4 Å². The number of aromatic amines is 1. The van der Waals surface area contributed by atoms with Crippen LogP contribution in [0.25, 0.3) is 6.08 Å². The Labute approximate surface area is 155 Å². The summed E-state index contributed by atoms with van der Waals surface area (Å²) in [5.41, 5.74) is 0.501. The first kappa shape index (κ1) is 19.6. The molecular weight excluding hydrogens is 358 g/mol. The van der Waals surface area contributed by atoms with Crippen molar-refractivity contribution in [1.82, 2.24) is 15.2 Å². The van der Waals surface area contributed by atoms with Crippen LogP contribution in [0.2, 0.25) is 0 Å². The van der Waals surface area contributed by atoms with E-state index in [0.717, 1.165) is 24.6 Å². The topological polar surface area (TPSA) is 109 Å². The minimum absolute atomic E-state index is 0.0578. The summed E-state index contributed by atoms with van der Waals surface area (Å²) in [6, 6.07) is 3.25. The van der Waals surface area contributed by atoms with Gasteiger partial charge in [-0.25, -0.2) is 4.98 Å². The van der Waals surface area contributed by atoms with Gasteiger partial charge in [-0.15, -0.1) is 5.10 Å². The molecule has 0 amide bonds. The number of H-pyrrole nitrogens is 1. The van der Waals surface area contributed by atoms with Crippen LogP contribution in [0.5, 0.6) is 17.2 Å². The van der Waals surface area contributed by atoms with Crippen molar-refractivity contribution in [2.45, 2.75) is 24.9 Å². The maximum Gasteiger partial charge on any atom is 0.213 e. The van der Waals surface area contributed by atoms with E-state index < -0.39 is 5.97 Å². The molecule has 1 N–H and O–H groups in total. The molecule has 0 spiro atoms. The molecule has 140 valence electrons. The maximum absolute atomic E-state index is 11.6. The van der Waals surface area contributed by atoms with E-state index in [0.29, 0.717) is 33.8 Å². The van der Waals surface area contributed by atoms with E-state index in [1.807, 2.05) is 6.92 Å². The highest BCUT2D eigenvalue weighted by Gasteiger charge is 2.13. The fourth-order valence-electron chi connectivity index (χ4n) is 2.21. The van der Waals surface area contributed by atoms with Crippen LogP contribution in [-0.2, 0) is 11.2 Å². The standard InChI is InChI=1S/C17H21N3O5S/c1-5-6-15-18-17(20-19-15)26-14(16(21)22)8-10-7-12(24-3)13(25-4)9-11(10)23-2/h7-9H,5-6H2,1-4H3,(H,21,22)(H,18,19,20)/p-1/b14-8-. The van der Waals surface area contributed by atoms with Crippen molar-refractivity contribution >= 4 is 23.8 Å². The van der Waals surface area contributed by atoms with Crippen LogP contribution in [0.3, 0.4) is 0 Å². The van der Waals surface area contributed by atoms with Crippen molar-refractivity contribution < 1.29 is 24.1 Å². The van der Waals surface area contributed by atoms with Gasteiger partial charge in [0.15, 0.2) is 11.5 Å². The fourth-order valence-corrected chi connectivity index (χ4v) is 2.92. The Morgan fingerprint density at radius 3 is 2.42 bits per heavy atom. The number of hydrogen-bond acceptors (Lipinski definition) is 8. The number of carboxylic acid groups (broad SMARTS) is 1. The van der Waals surface area contributed by atoms with Gasteiger partial charge in [-0.05, 0) is 30.3 Å². The number of aryl methyl sites for hydroxylation is 1. The second-order valence-electron chi connectivity index (χ2n) is 5.16. The lowest BCUT2D eigenvalue weighted by molar-refractivity contribution is -0.297. The maximum atomic E-state index is 11.6. The number of benzene rings is 1. The van der Waals surface area contributed by atoms with Crippen molar-refractivity contribution in [3.63, 3.8) is 0 Å². The third-order valence-electron chi connectivity index (χ3n) is 3.42. The van der Waals surface area contributed by atoms with Crippen LogP contribution in [0.4, 0.5) is 0 Å². The number of carboxylic acids is 1. The highest BCUT2D eigenvalue weighted by Crippen LogP contribution is 2.37. The van der Waals surface area contributed by atoms with Gasteiger partial charge in [-0.2, -0.15) is 0 Å². The largest absolute Gasteiger partial charge is 0.544 e. The predicted molar refractivity (Wildman–Crippen MR) is 95.3 cm³/mol. The van der Waals surface area contributed by atoms with Crippen LogP contribution < -0.4 is 19.3 Å². The van der Waals surface area contributed by atoms with Gasteiger partial charge in [-0.3, -0.25) is 5.10 Å². The molecule has 1 heterocycles. The summed E-state index contributed by atoms with van der Waals surface area (Å²) in [7, 11) is 4.48. The minimum atomic E-state index is -1.34. The summed E-state index contributed by atoms with van der Waals surface area (Å²) >= 11 is 0.899. The second-order valence-corrected chi connectivity index (χ2v) is 6.17. The number of methoxy groups -OCH3 is 3. The van der Waals surface area contributed by atoms with E-state index in [9.17, 15) is 9.90 Å². The molecule has 0 atom stereocenters. The summed E-state index contributed by atoms with van der Waals surface area (Å²) in [5.74, 6) is 0.724. The molecule has 8 nitrogen and oxygen atoms in total. The van der Waals surface area contributed by atoms with Gasteiger partial charge in [0.05, 0.1) is 27.3 Å². The lowest BCUT2D eigenvalue weighted by Gasteiger charge is -2.13. The van der Waals surface area contributed by atoms with Gasteiger partial charge in [0.1, 0.15) is 11.6 Å². The van der Waals surface area contributed by atoms with Crippen LogP contribution in [0, 0.1) is 0 Å². The number of carbonyl (C=O) groups is 1. The number of nitrogens with zero attached hydrogens (tertiary/aromatic N) is 2. The molecule has 0 saturated heterocycles. The quantitative estimate of drug-likeness (QED) is 0.518. The summed E-state index contributed by atoms with van der Waals surface area (Å²) < 4.78 is 15.8. The molecular formula is C17H20N3O5S-. The molecule has 0 saturated carbocycles. The number of hydrogen-bond donors (Lipinski definition) is 1. The van der Waals surface area contributed by atoms with Crippen LogP contribution in [0.1, 0.15) is 24.7 Å². The normalized spacial score (nSPS) is 11.3. The average Bonchev–Trinajstić information content (AvgIpc) is 3.08. The summed E-state index contributed by atoms with van der Waals surface area (Å²) in [6.07, 6.45) is 3.07. The zero-order chi connectivity index (χ0) is 19.1. The van der Waals surface area contributed by atoms with Crippen LogP contribution >= 0.6 is 11.8 Å². The van der Waals surface area contributed by atoms with Crippen molar-refractivity contribution in [3.8, 4) is 17.2 Å². The van der Waals surface area contributed by atoms with Gasteiger partial charge in [-0.1, -0.05) is 6.92 Å². The first-order chi connectivity index (χ1) is 12.5. The van der Waals surface area contributed by atoms with Gasteiger partial charge in [0.25, 0.3) is 0 Å². The molecule has 0 bridgehead atoms. The third-order valence-corrected chi connectivity index (χ3v) is 4.29. The van der Waals surface area contributed by atoms with Crippen molar-refractivity contribution in [2.75, 3.05) is 21.3 Å². The van der Waals surface area contributed by atoms with E-state index in [1.165, 1.54) is 27.4 Å². The number of nitrogens with one attached hydrogen (secondary N) is 1. The Bertz CT molecular complexity index is 804. The van der Waals surface area contributed by atoms with Crippen LogP contribution in [0.15, 0.2) is 22.2 Å². The second kappa shape index (κ2) is 9.14. The smallest absolute Gasteiger partial charge is 0.213 e. The molecule has 1 aromatic carbocycles. The Hall–Kier alpha value is -2.68. The van der Waals surface area contributed by atoms with Gasteiger partial charge in [0.2, 0.25) is 5.16 Å². The third kappa shape index (κ3) is 4.69. The number of aromatic nitrogens is 3. The highest BCUT2D eigenvalue weighted by atomic mass is 32.2. The zero-order valence-corrected chi connectivity index (χ0v) is 15.8. The number of ether oxygens (including phenoxy) is 3. The molecule has 0 aliphatic carbocycles. The molecule has 0 aliphatic rings. The molecule has 0 aliphatic heterocycles. The number of carbonyl (C=O) groups excluding carboxylic acids is 1. The fraction of sp³-hybridized carbons (Fsp3) is 0.353. The van der Waals surface area contributed by atoms with Crippen molar-refractivity contribution in [2.24, 2.45) is 0 Å². The first-order valence-electron chi connectivity index (χ1n) is 7.84. The Kier molecular flexibility index (Phi) is 6.90. The molecule has 0 radical (unpaired) electrons. The SMILES string of the molecule is CCCc1nc(S/C(=C\c2cc(OC)c(OC)cc2OC)C(=O)[O-])n[nH]1. The summed E-state index contributed by atoms with van der Waals surface area (Å²) in [5, 5.41) is 18.7. The monoisotopic (exact) mass is 378 g/mol. The van der Waals surface area contributed by atoms with Gasteiger partial charge in [0, 0.05) is 23.0 Å². The summed E-state index contributed by atoms with van der Waals surface area (Å²) in [4.78, 5) is 15.8. The van der Waals surface area contributed by atoms with E-state index in [4.69, 9.17) is 14.2 Å². The van der Waals surface area contributed by atoms with Gasteiger partial charge < -0.3 is 24.1 Å². The zero-order valence-electron chi connectivity index (χ0n) is 15.0. The first-order valence-corrected chi connectivity index (χ1v) is 8.66. The van der Waals surface area contributed by atoms with Crippen LogP contribution in [-0.4, -0.2) is 42.5 Å². The lowest BCUT2D eigenvalue weighted by atomic mass is 10.1. The summed E-state index contributed by atoms with van der Waals surface area (Å²) in [6.45, 7) is 2.02. The molecule has 0 unspecified atom stereocenters. The van der Waals surface area contributed by atoms with E-state index in [-0.39, 0.29) is 4.91 Å². The molecule has 2 aromatic rings. The molecule has 26 heavy (non-hydrogen) atoms. The van der Waals surface area contributed by atoms with E-state index in [1.54, 1.807) is 12.1 Å². The minimum Gasteiger partial charge on any atom is -0.544 e. The van der Waals surface area contributed by atoms with Crippen molar-refractivity contribution in [1.29, 1.82) is 0 Å². The van der Waals surface area contributed by atoms with Gasteiger partial charge >= 0.3 is 0 Å². The van der Waals surface area contributed by atoms with E-state index in [2.05, 4.69) is 15.2 Å².